The van der Waals surface area contributed by atoms with Gasteiger partial charge in [0.1, 0.15) is 23.6 Å². The minimum atomic E-state index is -0.256. The number of thiocarbonyl (C=S) groups is 1. The molecule has 2 aromatic rings. The molecule has 20 heavy (non-hydrogen) atoms. The van der Waals surface area contributed by atoms with Crippen LogP contribution in [0.3, 0.4) is 0 Å². The molecule has 0 atom stereocenters. The summed E-state index contributed by atoms with van der Waals surface area (Å²) in [6.07, 6.45) is 1.40. The lowest BCUT2D eigenvalue weighted by Crippen LogP contribution is -2.20. The second kappa shape index (κ2) is 6.11. The van der Waals surface area contributed by atoms with Gasteiger partial charge in [-0.25, -0.2) is 9.67 Å². The first-order chi connectivity index (χ1) is 9.60. The minimum absolute atomic E-state index is 0.00760. The van der Waals surface area contributed by atoms with E-state index < -0.39 is 0 Å². The summed E-state index contributed by atoms with van der Waals surface area (Å²) in [6, 6.07) is 7.13. The second-order valence-corrected chi connectivity index (χ2v) is 4.32. The number of methoxy groups -OCH3 is 1. The van der Waals surface area contributed by atoms with Crippen LogP contribution in [0.1, 0.15) is 5.82 Å². The fourth-order valence-electron chi connectivity index (χ4n) is 1.57. The van der Waals surface area contributed by atoms with Gasteiger partial charge in [-0.15, -0.1) is 5.10 Å². The minimum Gasteiger partial charge on any atom is -0.495 e. The van der Waals surface area contributed by atoms with Crippen molar-refractivity contribution < 1.29 is 9.53 Å². The maximum atomic E-state index is 11.9. The van der Waals surface area contributed by atoms with Crippen molar-refractivity contribution in [2.24, 2.45) is 5.73 Å². The number of carbonyl (C=O) groups is 1. The van der Waals surface area contributed by atoms with Crippen LogP contribution in [0, 0.1) is 0 Å². The summed E-state index contributed by atoms with van der Waals surface area (Å²) in [4.78, 5) is 15.9. The van der Waals surface area contributed by atoms with Crippen LogP contribution in [0.5, 0.6) is 5.75 Å². The Morgan fingerprint density at radius 3 is 2.90 bits per heavy atom. The first-order valence-corrected chi connectivity index (χ1v) is 6.13. The average Bonchev–Trinajstić information content (AvgIpc) is 2.88. The van der Waals surface area contributed by atoms with E-state index in [2.05, 4.69) is 15.4 Å². The van der Waals surface area contributed by atoms with Gasteiger partial charge in [0.05, 0.1) is 12.8 Å². The summed E-state index contributed by atoms with van der Waals surface area (Å²) < 4.78 is 6.51. The van der Waals surface area contributed by atoms with Crippen molar-refractivity contribution in [2.45, 2.75) is 6.54 Å². The van der Waals surface area contributed by atoms with Crippen molar-refractivity contribution in [1.29, 1.82) is 0 Å². The Morgan fingerprint density at radius 2 is 2.25 bits per heavy atom. The lowest BCUT2D eigenvalue weighted by atomic mass is 10.3. The first kappa shape index (κ1) is 13.9. The highest BCUT2D eigenvalue weighted by Crippen LogP contribution is 2.22. The van der Waals surface area contributed by atoms with Gasteiger partial charge in [0, 0.05) is 0 Å². The van der Waals surface area contributed by atoms with E-state index in [1.807, 2.05) is 6.07 Å². The third-order valence-corrected chi connectivity index (χ3v) is 2.63. The molecular weight excluding hydrogens is 278 g/mol. The Bertz CT molecular complexity index is 640. The summed E-state index contributed by atoms with van der Waals surface area (Å²) in [5.74, 6) is 0.572. The van der Waals surface area contributed by atoms with Crippen molar-refractivity contribution in [1.82, 2.24) is 14.8 Å². The van der Waals surface area contributed by atoms with Crippen LogP contribution in [0.25, 0.3) is 0 Å². The molecule has 0 bridgehead atoms. The molecule has 0 saturated carbocycles. The molecule has 1 amide bonds. The number of nitrogens with one attached hydrogen (secondary N) is 1. The second-order valence-electron chi connectivity index (χ2n) is 3.88. The third kappa shape index (κ3) is 3.29. The molecule has 0 aliphatic rings. The van der Waals surface area contributed by atoms with Crippen molar-refractivity contribution in [3.05, 3.63) is 36.4 Å². The largest absolute Gasteiger partial charge is 0.495 e. The van der Waals surface area contributed by atoms with Gasteiger partial charge in [-0.05, 0) is 12.1 Å². The molecule has 0 unspecified atom stereocenters. The van der Waals surface area contributed by atoms with Crippen LogP contribution in [0.4, 0.5) is 5.69 Å². The van der Waals surface area contributed by atoms with E-state index in [4.69, 9.17) is 22.7 Å². The lowest BCUT2D eigenvalue weighted by molar-refractivity contribution is -0.116. The van der Waals surface area contributed by atoms with E-state index in [0.29, 0.717) is 11.4 Å². The number of para-hydroxylation sites is 2. The molecule has 0 fully saturated rings. The highest BCUT2D eigenvalue weighted by molar-refractivity contribution is 7.80. The average molecular weight is 291 g/mol. The monoisotopic (exact) mass is 291 g/mol. The predicted molar refractivity (Wildman–Crippen MR) is 77.5 cm³/mol. The fraction of sp³-hybridized carbons (Fsp3) is 0.167. The molecule has 1 aromatic carbocycles. The molecule has 1 aromatic heterocycles. The van der Waals surface area contributed by atoms with Crippen molar-refractivity contribution in [2.75, 3.05) is 12.4 Å². The highest BCUT2D eigenvalue weighted by Gasteiger charge is 2.09. The van der Waals surface area contributed by atoms with Crippen LogP contribution in [-0.2, 0) is 11.3 Å². The number of anilines is 1. The number of aromatic nitrogens is 3. The van der Waals surface area contributed by atoms with E-state index in [1.54, 1.807) is 18.2 Å². The van der Waals surface area contributed by atoms with Gasteiger partial charge >= 0.3 is 0 Å². The number of rotatable bonds is 5. The summed E-state index contributed by atoms with van der Waals surface area (Å²) in [6.45, 7) is 0.00760. The van der Waals surface area contributed by atoms with E-state index in [1.165, 1.54) is 18.1 Å². The zero-order valence-corrected chi connectivity index (χ0v) is 11.6. The van der Waals surface area contributed by atoms with Crippen LogP contribution >= 0.6 is 12.2 Å². The summed E-state index contributed by atoms with van der Waals surface area (Å²) >= 11 is 4.75. The SMILES string of the molecule is COc1ccccc1NC(=O)Cn1cnc(C(N)=S)n1. The summed E-state index contributed by atoms with van der Waals surface area (Å²) in [7, 11) is 1.54. The van der Waals surface area contributed by atoms with Crippen LogP contribution in [-0.4, -0.2) is 32.8 Å². The molecule has 1 heterocycles. The third-order valence-electron chi connectivity index (χ3n) is 2.44. The highest BCUT2D eigenvalue weighted by atomic mass is 32.1. The van der Waals surface area contributed by atoms with Gasteiger partial charge in [0.25, 0.3) is 0 Å². The van der Waals surface area contributed by atoms with Crippen molar-refractivity contribution in [3.8, 4) is 5.75 Å². The predicted octanol–water partition coefficient (Wildman–Crippen LogP) is 0.560. The van der Waals surface area contributed by atoms with Gasteiger partial charge in [-0.2, -0.15) is 0 Å². The number of nitrogens with zero attached hydrogens (tertiary/aromatic N) is 3. The van der Waals surface area contributed by atoms with Crippen molar-refractivity contribution >= 4 is 28.8 Å². The number of amides is 1. The number of nitrogens with two attached hydrogens (primary N) is 1. The zero-order chi connectivity index (χ0) is 14.5. The molecule has 2 rings (SSSR count). The Hall–Kier alpha value is -2.48. The maximum Gasteiger partial charge on any atom is 0.246 e. The van der Waals surface area contributed by atoms with E-state index in [9.17, 15) is 4.79 Å². The van der Waals surface area contributed by atoms with Crippen molar-refractivity contribution in [3.63, 3.8) is 0 Å². The zero-order valence-electron chi connectivity index (χ0n) is 10.7. The number of hydrogen-bond acceptors (Lipinski definition) is 5. The summed E-state index contributed by atoms with van der Waals surface area (Å²) in [5, 5.41) is 6.71. The maximum absolute atomic E-state index is 11.9. The molecule has 0 radical (unpaired) electrons. The molecule has 0 aliphatic carbocycles. The first-order valence-electron chi connectivity index (χ1n) is 5.72. The molecule has 0 aliphatic heterocycles. The Kier molecular flexibility index (Phi) is 4.26. The molecule has 0 spiro atoms. The molecule has 104 valence electrons. The number of carbonyl (C=O) groups excluding carboxylic acids is 1. The number of benzene rings is 1. The van der Waals surface area contributed by atoms with E-state index in [0.717, 1.165) is 0 Å². The normalized spacial score (nSPS) is 10.1. The van der Waals surface area contributed by atoms with Crippen LogP contribution < -0.4 is 15.8 Å². The van der Waals surface area contributed by atoms with Gasteiger partial charge in [-0.3, -0.25) is 4.79 Å². The van der Waals surface area contributed by atoms with Gasteiger partial charge < -0.3 is 15.8 Å². The molecule has 0 saturated heterocycles. The Labute approximate surface area is 120 Å². The number of hydrogen-bond donors (Lipinski definition) is 2. The molecular formula is C12H13N5O2S. The summed E-state index contributed by atoms with van der Waals surface area (Å²) in [5.41, 5.74) is 5.99. The van der Waals surface area contributed by atoms with Gasteiger partial charge in [-0.1, -0.05) is 24.4 Å². The van der Waals surface area contributed by atoms with Crippen LogP contribution in [0.15, 0.2) is 30.6 Å². The molecule has 8 heteroatoms. The van der Waals surface area contributed by atoms with E-state index >= 15 is 0 Å². The van der Waals surface area contributed by atoms with E-state index in [-0.39, 0.29) is 23.3 Å². The fourth-order valence-corrected chi connectivity index (χ4v) is 1.66. The Morgan fingerprint density at radius 1 is 1.50 bits per heavy atom. The molecule has 7 nitrogen and oxygen atoms in total. The quantitative estimate of drug-likeness (QED) is 0.782. The van der Waals surface area contributed by atoms with Gasteiger partial charge in [0.15, 0.2) is 0 Å². The van der Waals surface area contributed by atoms with Gasteiger partial charge in [0.2, 0.25) is 11.7 Å². The lowest BCUT2D eigenvalue weighted by Gasteiger charge is -2.09. The van der Waals surface area contributed by atoms with Crippen LogP contribution in [0.2, 0.25) is 0 Å². The molecule has 3 N–H and O–H groups in total. The number of ether oxygens (including phenoxy) is 1. The topological polar surface area (TPSA) is 95.1 Å². The Balaban J connectivity index is 2.03. The smallest absolute Gasteiger partial charge is 0.246 e. The standard InChI is InChI=1S/C12H13N5O2S/c1-19-9-5-3-2-4-8(9)15-10(18)6-17-7-14-12(16-17)11(13)20/h2-5,7H,6H2,1H3,(H2,13,20)(H,15,18).